The topological polar surface area (TPSA) is 79.3 Å². The minimum Gasteiger partial charge on any atom is -0.497 e. The molecule has 0 saturated carbocycles. The maximum atomic E-state index is 12.4. The highest BCUT2D eigenvalue weighted by molar-refractivity contribution is 5.76. The predicted octanol–water partition coefficient (Wildman–Crippen LogP) is 2.25. The fraction of sp³-hybridized carbons (Fsp3) is 0.600. The number of carbonyl (C=O) groups excluding carboxylic acids is 1. The number of carboxylic acids is 1. The van der Waals surface area contributed by atoms with Crippen LogP contribution in [0.4, 0.5) is 0 Å². The summed E-state index contributed by atoms with van der Waals surface area (Å²) < 4.78 is 10.8. The van der Waals surface area contributed by atoms with Crippen molar-refractivity contribution in [2.75, 3.05) is 40.4 Å². The van der Waals surface area contributed by atoms with Crippen molar-refractivity contribution in [1.29, 1.82) is 0 Å². The number of ether oxygens (including phenoxy) is 2. The summed E-state index contributed by atoms with van der Waals surface area (Å²) in [6.07, 6.45) is 3.78. The zero-order valence-corrected chi connectivity index (χ0v) is 16.2. The molecule has 0 bridgehead atoms. The number of likely N-dealkylation sites (N-methyl/N-ethyl adjacent to an activating group) is 1. The van der Waals surface area contributed by atoms with Crippen LogP contribution in [0.1, 0.15) is 32.1 Å². The molecular formula is C20H30N2O5. The Bertz CT molecular complexity index is 605. The summed E-state index contributed by atoms with van der Waals surface area (Å²) in [5.74, 6) is 0.884. The van der Waals surface area contributed by atoms with Gasteiger partial charge in [-0.05, 0) is 57.0 Å². The van der Waals surface area contributed by atoms with E-state index >= 15 is 0 Å². The highest BCUT2D eigenvalue weighted by Gasteiger charge is 2.23. The Balaban J connectivity index is 1.68. The molecule has 1 saturated heterocycles. The van der Waals surface area contributed by atoms with Crippen LogP contribution in [-0.4, -0.2) is 73.2 Å². The summed E-state index contributed by atoms with van der Waals surface area (Å²) in [7, 11) is 3.46. The number of hydrogen-bond acceptors (Lipinski definition) is 5. The Morgan fingerprint density at radius 1 is 1.19 bits per heavy atom. The molecule has 1 unspecified atom stereocenters. The average Bonchev–Trinajstić information content (AvgIpc) is 2.91. The van der Waals surface area contributed by atoms with Gasteiger partial charge in [0.1, 0.15) is 11.5 Å². The van der Waals surface area contributed by atoms with Gasteiger partial charge in [-0.3, -0.25) is 14.5 Å². The summed E-state index contributed by atoms with van der Waals surface area (Å²) in [6, 6.07) is 7.61. The van der Waals surface area contributed by atoms with E-state index in [1.807, 2.05) is 41.1 Å². The molecule has 27 heavy (non-hydrogen) atoms. The van der Waals surface area contributed by atoms with E-state index in [0.717, 1.165) is 37.3 Å². The van der Waals surface area contributed by atoms with E-state index in [9.17, 15) is 9.59 Å². The minimum absolute atomic E-state index is 0.0430. The van der Waals surface area contributed by atoms with E-state index in [1.165, 1.54) is 0 Å². The lowest BCUT2D eigenvalue weighted by Gasteiger charge is -2.25. The molecule has 1 aliphatic heterocycles. The van der Waals surface area contributed by atoms with E-state index in [1.54, 1.807) is 7.11 Å². The molecule has 150 valence electrons. The van der Waals surface area contributed by atoms with Gasteiger partial charge in [-0.15, -0.1) is 0 Å². The zero-order valence-electron chi connectivity index (χ0n) is 16.2. The second-order valence-electron chi connectivity index (χ2n) is 6.90. The van der Waals surface area contributed by atoms with Crippen molar-refractivity contribution in [3.63, 3.8) is 0 Å². The van der Waals surface area contributed by atoms with Gasteiger partial charge >= 0.3 is 5.97 Å². The van der Waals surface area contributed by atoms with Crippen LogP contribution in [0.5, 0.6) is 11.5 Å². The van der Waals surface area contributed by atoms with Crippen LogP contribution >= 0.6 is 0 Å². The van der Waals surface area contributed by atoms with Gasteiger partial charge in [0.2, 0.25) is 5.91 Å². The van der Waals surface area contributed by atoms with Crippen molar-refractivity contribution >= 4 is 11.9 Å². The molecule has 0 aliphatic carbocycles. The molecule has 1 atom stereocenters. The number of methoxy groups -OCH3 is 1. The Morgan fingerprint density at radius 2 is 1.89 bits per heavy atom. The maximum Gasteiger partial charge on any atom is 0.317 e. The van der Waals surface area contributed by atoms with Crippen LogP contribution in [0, 0.1) is 0 Å². The molecule has 0 aromatic heterocycles. The van der Waals surface area contributed by atoms with Crippen molar-refractivity contribution < 1.29 is 24.2 Å². The van der Waals surface area contributed by atoms with Gasteiger partial charge in [0.15, 0.2) is 0 Å². The van der Waals surface area contributed by atoms with Gasteiger partial charge in [0.25, 0.3) is 0 Å². The molecule has 1 aliphatic rings. The van der Waals surface area contributed by atoms with E-state index < -0.39 is 5.97 Å². The third-order valence-corrected chi connectivity index (χ3v) is 4.92. The normalized spacial score (nSPS) is 17.4. The fourth-order valence-corrected chi connectivity index (χ4v) is 3.35. The molecule has 1 heterocycles. The van der Waals surface area contributed by atoms with Crippen LogP contribution in [0.2, 0.25) is 0 Å². The molecule has 0 spiro atoms. The number of carboxylic acid groups (broad SMARTS) is 1. The number of likely N-dealkylation sites (tertiary alicyclic amines) is 1. The first-order valence-electron chi connectivity index (χ1n) is 9.46. The van der Waals surface area contributed by atoms with E-state index in [-0.39, 0.29) is 18.5 Å². The smallest absolute Gasteiger partial charge is 0.317 e. The standard InChI is InChI=1S/C20H30N2O5/c1-21(15-20(24)25)16-5-3-12-22(13-11-16)19(23)6-4-14-27-18-9-7-17(26-2)8-10-18/h7-10,16H,3-6,11-15H2,1-2H3,(H,24,25). The third-order valence-electron chi connectivity index (χ3n) is 4.92. The van der Waals surface area contributed by atoms with E-state index in [4.69, 9.17) is 14.6 Å². The summed E-state index contributed by atoms with van der Waals surface area (Å²) in [5, 5.41) is 8.93. The van der Waals surface area contributed by atoms with Gasteiger partial charge in [0, 0.05) is 25.6 Å². The fourth-order valence-electron chi connectivity index (χ4n) is 3.35. The molecule has 1 aromatic carbocycles. The molecule has 1 aromatic rings. The number of nitrogens with zero attached hydrogens (tertiary/aromatic N) is 2. The quantitative estimate of drug-likeness (QED) is 0.664. The summed E-state index contributed by atoms with van der Waals surface area (Å²) in [4.78, 5) is 27.1. The molecule has 1 amide bonds. The monoisotopic (exact) mass is 378 g/mol. The van der Waals surface area contributed by atoms with Crippen molar-refractivity contribution in [2.24, 2.45) is 0 Å². The predicted molar refractivity (Wildman–Crippen MR) is 102 cm³/mol. The Kier molecular flexibility index (Phi) is 8.39. The molecule has 0 radical (unpaired) electrons. The number of hydrogen-bond donors (Lipinski definition) is 1. The number of benzene rings is 1. The van der Waals surface area contributed by atoms with Crippen LogP contribution in [0.25, 0.3) is 0 Å². The number of amides is 1. The highest BCUT2D eigenvalue weighted by Crippen LogP contribution is 2.18. The lowest BCUT2D eigenvalue weighted by molar-refractivity contribution is -0.138. The van der Waals surface area contributed by atoms with Crippen LogP contribution in [0.15, 0.2) is 24.3 Å². The number of aliphatic carboxylic acids is 1. The highest BCUT2D eigenvalue weighted by atomic mass is 16.5. The SMILES string of the molecule is COc1ccc(OCCCC(=O)N2CCCC(N(C)CC(=O)O)CC2)cc1. The van der Waals surface area contributed by atoms with Gasteiger partial charge in [-0.25, -0.2) is 0 Å². The van der Waals surface area contributed by atoms with E-state index in [0.29, 0.717) is 26.0 Å². The van der Waals surface area contributed by atoms with Crippen LogP contribution in [0.3, 0.4) is 0 Å². The van der Waals surface area contributed by atoms with Crippen LogP contribution < -0.4 is 9.47 Å². The van der Waals surface area contributed by atoms with Gasteiger partial charge in [0.05, 0.1) is 20.3 Å². The Labute approximate surface area is 160 Å². The van der Waals surface area contributed by atoms with Crippen molar-refractivity contribution in [1.82, 2.24) is 9.80 Å². The summed E-state index contributed by atoms with van der Waals surface area (Å²) >= 11 is 0. The van der Waals surface area contributed by atoms with Crippen LogP contribution in [-0.2, 0) is 9.59 Å². The first-order chi connectivity index (χ1) is 13.0. The molecule has 7 heteroatoms. The van der Waals surface area contributed by atoms with Crippen molar-refractivity contribution in [2.45, 2.75) is 38.1 Å². The Hall–Kier alpha value is -2.28. The molecular weight excluding hydrogens is 348 g/mol. The maximum absolute atomic E-state index is 12.4. The number of rotatable bonds is 9. The molecule has 1 N–H and O–H groups in total. The summed E-state index contributed by atoms with van der Waals surface area (Å²) in [6.45, 7) is 1.97. The minimum atomic E-state index is -0.813. The lowest BCUT2D eigenvalue weighted by atomic mass is 10.1. The van der Waals surface area contributed by atoms with E-state index in [2.05, 4.69) is 0 Å². The first-order valence-corrected chi connectivity index (χ1v) is 9.46. The average molecular weight is 378 g/mol. The second-order valence-corrected chi connectivity index (χ2v) is 6.90. The molecule has 1 fully saturated rings. The van der Waals surface area contributed by atoms with Gasteiger partial charge in [-0.2, -0.15) is 0 Å². The lowest BCUT2D eigenvalue weighted by Crippen LogP contribution is -2.37. The second kappa shape index (κ2) is 10.8. The van der Waals surface area contributed by atoms with Crippen molar-refractivity contribution in [3.8, 4) is 11.5 Å². The third kappa shape index (κ3) is 7.09. The molecule has 2 rings (SSSR count). The number of carbonyl (C=O) groups is 2. The van der Waals surface area contributed by atoms with Crippen molar-refractivity contribution in [3.05, 3.63) is 24.3 Å². The van der Waals surface area contributed by atoms with Gasteiger partial charge < -0.3 is 19.5 Å². The largest absolute Gasteiger partial charge is 0.497 e. The molecule has 7 nitrogen and oxygen atoms in total. The first kappa shape index (κ1) is 21.0. The summed E-state index contributed by atoms with van der Waals surface area (Å²) in [5.41, 5.74) is 0. The Morgan fingerprint density at radius 3 is 2.56 bits per heavy atom. The van der Waals surface area contributed by atoms with Gasteiger partial charge in [-0.1, -0.05) is 0 Å². The zero-order chi connectivity index (χ0) is 19.6.